The van der Waals surface area contributed by atoms with Gasteiger partial charge in [-0.1, -0.05) is 23.7 Å². The molecule has 0 unspecified atom stereocenters. The number of nitrogens with zero attached hydrogens (tertiary/aromatic N) is 3. The highest BCUT2D eigenvalue weighted by molar-refractivity contribution is 6.29. The van der Waals surface area contributed by atoms with Gasteiger partial charge in [-0.05, 0) is 42.8 Å². The van der Waals surface area contributed by atoms with Gasteiger partial charge in [0.15, 0.2) is 16.8 Å². The average Bonchev–Trinajstić information content (AvgIpc) is 3.17. The Hall–Kier alpha value is -3.95. The molecule has 1 N–H and O–H groups in total. The van der Waals surface area contributed by atoms with Crippen molar-refractivity contribution in [3.8, 4) is 28.7 Å². The minimum Gasteiger partial charge on any atom is -0.453 e. The minimum absolute atomic E-state index is 0.141. The summed E-state index contributed by atoms with van der Waals surface area (Å²) in [5.41, 5.74) is 3.96. The lowest BCUT2D eigenvalue weighted by molar-refractivity contribution is 0.628. The van der Waals surface area contributed by atoms with E-state index in [-0.39, 0.29) is 5.43 Å². The quantitative estimate of drug-likeness (QED) is 0.400. The van der Waals surface area contributed by atoms with Gasteiger partial charge >= 0.3 is 0 Å². The summed E-state index contributed by atoms with van der Waals surface area (Å²) in [6, 6.07) is 16.2. The molecule has 0 radical (unpaired) electrons. The number of halogens is 1. The van der Waals surface area contributed by atoms with Gasteiger partial charge in [-0.3, -0.25) is 4.79 Å². The van der Waals surface area contributed by atoms with Crippen molar-refractivity contribution in [3.05, 3.63) is 81.4 Å². The van der Waals surface area contributed by atoms with E-state index in [1.807, 2.05) is 25.1 Å². The van der Waals surface area contributed by atoms with Gasteiger partial charge in [0.1, 0.15) is 22.6 Å². The molecule has 5 rings (SSSR count). The van der Waals surface area contributed by atoms with Crippen molar-refractivity contribution in [2.24, 2.45) is 0 Å². The molecule has 4 aromatic heterocycles. The Morgan fingerprint density at radius 1 is 1.13 bits per heavy atom. The van der Waals surface area contributed by atoms with Crippen molar-refractivity contribution in [2.45, 2.75) is 6.92 Å². The van der Waals surface area contributed by atoms with Crippen molar-refractivity contribution in [3.63, 3.8) is 0 Å². The predicted molar refractivity (Wildman–Crippen MR) is 115 cm³/mol. The predicted octanol–water partition coefficient (Wildman–Crippen LogP) is 5.23. The van der Waals surface area contributed by atoms with E-state index in [0.717, 1.165) is 16.6 Å². The summed E-state index contributed by atoms with van der Waals surface area (Å²) in [5, 5.41) is 11.0. The van der Waals surface area contributed by atoms with Crippen LogP contribution in [0.5, 0.6) is 0 Å². The van der Waals surface area contributed by atoms with Crippen LogP contribution in [0.25, 0.3) is 44.6 Å². The molecule has 0 bridgehead atoms. The van der Waals surface area contributed by atoms with Crippen LogP contribution in [0.2, 0.25) is 5.15 Å². The van der Waals surface area contributed by atoms with Crippen LogP contribution in [0.4, 0.5) is 0 Å². The van der Waals surface area contributed by atoms with Crippen LogP contribution in [0.1, 0.15) is 11.3 Å². The smallest absolute Gasteiger partial charge is 0.191 e. The summed E-state index contributed by atoms with van der Waals surface area (Å²) < 4.78 is 6.05. The molecule has 6 nitrogen and oxygen atoms in total. The average molecular weight is 413 g/mol. The fourth-order valence-corrected chi connectivity index (χ4v) is 3.81. The Kier molecular flexibility index (Phi) is 4.12. The van der Waals surface area contributed by atoms with Gasteiger partial charge in [-0.15, -0.1) is 0 Å². The zero-order valence-electron chi connectivity index (χ0n) is 15.7. The highest BCUT2D eigenvalue weighted by Crippen LogP contribution is 2.36. The molecular formula is C23H13ClN4O2. The largest absolute Gasteiger partial charge is 0.453 e. The van der Waals surface area contributed by atoms with Gasteiger partial charge in [0.05, 0.1) is 10.9 Å². The topological polar surface area (TPSA) is 95.6 Å². The number of nitriles is 1. The number of nitrogens with one attached hydrogen (secondary N) is 1. The van der Waals surface area contributed by atoms with Crippen LogP contribution in [0, 0.1) is 18.3 Å². The maximum absolute atomic E-state index is 12.4. The molecule has 0 fully saturated rings. The number of fused-ring (bicyclic) bond motifs is 2. The number of hydrogen-bond donors (Lipinski definition) is 1. The van der Waals surface area contributed by atoms with Crippen molar-refractivity contribution in [1.82, 2.24) is 15.0 Å². The molecule has 0 amide bonds. The standard InChI is InChI=1S/C23H13ClN4O2/c1-12-7-15(9-20(24)27-12)16-10-17-18(29)5-6-26-23(17)28-21(16)19-8-13-3-2-4-14(11-25)22(13)30-19/h2-10H,1H3,(H,26,28,29). The molecule has 144 valence electrons. The van der Waals surface area contributed by atoms with E-state index in [4.69, 9.17) is 21.0 Å². The van der Waals surface area contributed by atoms with Crippen molar-refractivity contribution >= 4 is 33.6 Å². The number of furan rings is 1. The molecule has 0 atom stereocenters. The second-order valence-electron chi connectivity index (χ2n) is 6.89. The maximum Gasteiger partial charge on any atom is 0.191 e. The number of benzene rings is 1. The number of H-pyrrole nitrogens is 1. The number of aryl methyl sites for hydroxylation is 1. The van der Waals surface area contributed by atoms with E-state index in [1.165, 1.54) is 6.07 Å². The lowest BCUT2D eigenvalue weighted by atomic mass is 10.0. The zero-order valence-corrected chi connectivity index (χ0v) is 16.5. The Morgan fingerprint density at radius 3 is 2.80 bits per heavy atom. The van der Waals surface area contributed by atoms with E-state index in [9.17, 15) is 10.1 Å². The first kappa shape index (κ1) is 18.1. The zero-order chi connectivity index (χ0) is 20.8. The lowest BCUT2D eigenvalue weighted by Gasteiger charge is -2.10. The fourth-order valence-electron chi connectivity index (χ4n) is 3.56. The first-order chi connectivity index (χ1) is 14.5. The highest BCUT2D eigenvalue weighted by atomic mass is 35.5. The number of rotatable bonds is 2. The normalized spacial score (nSPS) is 11.1. The van der Waals surface area contributed by atoms with Crippen molar-refractivity contribution in [1.29, 1.82) is 5.26 Å². The Morgan fingerprint density at radius 2 is 2.00 bits per heavy atom. The third-order valence-corrected chi connectivity index (χ3v) is 5.07. The number of pyridine rings is 3. The van der Waals surface area contributed by atoms with E-state index in [0.29, 0.717) is 44.4 Å². The number of aromatic nitrogens is 3. The van der Waals surface area contributed by atoms with Crippen molar-refractivity contribution in [2.75, 3.05) is 0 Å². The van der Waals surface area contributed by atoms with Gasteiger partial charge in [0.2, 0.25) is 0 Å². The third kappa shape index (κ3) is 2.93. The second kappa shape index (κ2) is 6.83. The lowest BCUT2D eigenvalue weighted by Crippen LogP contribution is -2.03. The number of hydrogen-bond acceptors (Lipinski definition) is 5. The summed E-state index contributed by atoms with van der Waals surface area (Å²) in [6.45, 7) is 1.84. The molecule has 0 aliphatic heterocycles. The van der Waals surface area contributed by atoms with Gasteiger partial charge in [0.25, 0.3) is 0 Å². The van der Waals surface area contributed by atoms with Crippen LogP contribution in [-0.2, 0) is 0 Å². The summed E-state index contributed by atoms with van der Waals surface area (Å²) in [6.07, 6.45) is 1.56. The SMILES string of the molecule is Cc1cc(-c2cc3c(=O)cc[nH]c3nc2-c2cc3cccc(C#N)c3o2)cc(Cl)n1. The highest BCUT2D eigenvalue weighted by Gasteiger charge is 2.18. The molecule has 5 aromatic rings. The molecule has 30 heavy (non-hydrogen) atoms. The first-order valence-electron chi connectivity index (χ1n) is 9.13. The molecule has 0 spiro atoms. The molecule has 0 saturated heterocycles. The molecule has 7 heteroatoms. The van der Waals surface area contributed by atoms with Gasteiger partial charge in [0, 0.05) is 28.9 Å². The van der Waals surface area contributed by atoms with E-state index in [1.54, 1.807) is 30.5 Å². The van der Waals surface area contributed by atoms with Crippen LogP contribution in [-0.4, -0.2) is 15.0 Å². The Bertz CT molecular complexity index is 1540. The summed E-state index contributed by atoms with van der Waals surface area (Å²) in [5.74, 6) is 0.486. The monoisotopic (exact) mass is 412 g/mol. The molecular weight excluding hydrogens is 400 g/mol. The summed E-state index contributed by atoms with van der Waals surface area (Å²) in [4.78, 5) is 24.3. The molecule has 0 saturated carbocycles. The minimum atomic E-state index is -0.141. The molecule has 0 aliphatic rings. The Labute approximate surface area is 175 Å². The van der Waals surface area contributed by atoms with Crippen LogP contribution >= 0.6 is 11.6 Å². The van der Waals surface area contributed by atoms with Crippen LogP contribution < -0.4 is 5.43 Å². The number of para-hydroxylation sites is 1. The third-order valence-electron chi connectivity index (χ3n) is 4.87. The number of aromatic amines is 1. The van der Waals surface area contributed by atoms with E-state index >= 15 is 0 Å². The van der Waals surface area contributed by atoms with Crippen LogP contribution in [0.15, 0.2) is 63.9 Å². The molecule has 4 heterocycles. The van der Waals surface area contributed by atoms with Gasteiger partial charge in [-0.2, -0.15) is 5.26 Å². The van der Waals surface area contributed by atoms with Gasteiger partial charge < -0.3 is 9.40 Å². The van der Waals surface area contributed by atoms with E-state index < -0.39 is 0 Å². The van der Waals surface area contributed by atoms with Crippen LogP contribution in [0.3, 0.4) is 0 Å². The molecule has 1 aromatic carbocycles. The Balaban J connectivity index is 1.87. The fraction of sp³-hybridized carbons (Fsp3) is 0.0435. The maximum atomic E-state index is 12.4. The summed E-state index contributed by atoms with van der Waals surface area (Å²) >= 11 is 6.19. The van der Waals surface area contributed by atoms with Gasteiger partial charge in [-0.25, -0.2) is 9.97 Å². The molecule has 0 aliphatic carbocycles. The van der Waals surface area contributed by atoms with E-state index in [2.05, 4.69) is 16.0 Å². The van der Waals surface area contributed by atoms with Crippen molar-refractivity contribution < 1.29 is 4.42 Å². The second-order valence-corrected chi connectivity index (χ2v) is 7.28. The first-order valence-corrected chi connectivity index (χ1v) is 9.51. The summed E-state index contributed by atoms with van der Waals surface area (Å²) in [7, 11) is 0.